The van der Waals surface area contributed by atoms with Gasteiger partial charge in [0.1, 0.15) is 0 Å². The number of allylic oxidation sites excluding steroid dienone is 1. The maximum Gasteiger partial charge on any atom is 0.0723 e. The Morgan fingerprint density at radius 2 is 1.15 bits per heavy atom. The van der Waals surface area contributed by atoms with Crippen LogP contribution in [0.15, 0.2) is 205 Å². The molecule has 0 saturated heterocycles. The van der Waals surface area contributed by atoms with Crippen LogP contribution in [0.2, 0.25) is 0 Å². The molecule has 8 aromatic carbocycles. The molecule has 1 N–H and O–H groups in total. The van der Waals surface area contributed by atoms with Crippen LogP contribution in [0.25, 0.3) is 71.7 Å². The van der Waals surface area contributed by atoms with Crippen LogP contribution in [-0.2, 0) is 5.41 Å². The monoisotopic (exact) mass is 755 g/mol. The summed E-state index contributed by atoms with van der Waals surface area (Å²) in [6.07, 6.45) is 7.44. The lowest BCUT2D eigenvalue weighted by atomic mass is 9.81. The molecule has 59 heavy (non-hydrogen) atoms. The summed E-state index contributed by atoms with van der Waals surface area (Å²) in [5.74, 6) is 0. The van der Waals surface area contributed by atoms with Crippen molar-refractivity contribution < 1.29 is 0 Å². The van der Waals surface area contributed by atoms with Gasteiger partial charge in [-0.05, 0) is 114 Å². The average molecular weight is 756 g/mol. The zero-order chi connectivity index (χ0) is 39.9. The van der Waals surface area contributed by atoms with Crippen molar-refractivity contribution in [2.24, 2.45) is 4.99 Å². The fourth-order valence-electron chi connectivity index (χ4n) is 8.69. The Hall–Kier alpha value is -7.49. The minimum absolute atomic E-state index is 0.0846. The van der Waals surface area contributed by atoms with Gasteiger partial charge in [0, 0.05) is 40.7 Å². The lowest BCUT2D eigenvalue weighted by molar-refractivity contribution is 0.661. The minimum atomic E-state index is -0.0846. The fourth-order valence-corrected chi connectivity index (χ4v) is 8.69. The summed E-state index contributed by atoms with van der Waals surface area (Å²) in [5.41, 5.74) is 16.1. The normalized spacial score (nSPS) is 13.2. The molecule has 0 saturated carbocycles. The fraction of sp³-hybridized carbons (Fsp3) is 0.0536. The number of nitrogens with zero attached hydrogens (tertiary/aromatic N) is 2. The molecular formula is C56H41N3. The highest BCUT2D eigenvalue weighted by atomic mass is 14.7. The molecule has 0 bridgehead atoms. The molecule has 0 fully saturated rings. The number of nitrogens with one attached hydrogen (secondary N) is 1. The maximum atomic E-state index is 8.98. The molecule has 280 valence electrons. The summed E-state index contributed by atoms with van der Waals surface area (Å²) in [6.45, 7) is 4.71. The number of aromatic nitrogens is 1. The molecule has 1 aliphatic rings. The highest BCUT2D eigenvalue weighted by Gasteiger charge is 2.36. The van der Waals surface area contributed by atoms with E-state index in [0.29, 0.717) is 11.4 Å². The van der Waals surface area contributed by atoms with Gasteiger partial charge in [0.05, 0.1) is 11.4 Å². The van der Waals surface area contributed by atoms with Gasteiger partial charge < -0.3 is 5.41 Å². The number of fused-ring (bicyclic) bond motifs is 5. The number of pyridine rings is 1. The summed E-state index contributed by atoms with van der Waals surface area (Å²) in [7, 11) is 0. The number of benzene rings is 8. The highest BCUT2D eigenvalue weighted by molar-refractivity contribution is 6.12. The lowest BCUT2D eigenvalue weighted by Gasteiger charge is -2.22. The van der Waals surface area contributed by atoms with E-state index in [4.69, 9.17) is 10.4 Å². The second-order valence-corrected chi connectivity index (χ2v) is 15.8. The van der Waals surface area contributed by atoms with Crippen LogP contribution in [0.5, 0.6) is 0 Å². The van der Waals surface area contributed by atoms with Crippen LogP contribution in [-0.4, -0.2) is 16.9 Å². The van der Waals surface area contributed by atoms with Gasteiger partial charge in [-0.1, -0.05) is 166 Å². The number of aliphatic imine (C=N–C) groups is 1. The SMILES string of the molecule is CC1(C)c2cc(-c3ccc(-c4ccc(C=N/C(=C\C(=N)c5ccccc5)c5cccc(-c6cccnc6)c5)c5ccccc45)cc3)ccc2-c2cc3ccccc3cc21. The first-order chi connectivity index (χ1) is 28.9. The summed E-state index contributed by atoms with van der Waals surface area (Å²) >= 11 is 0. The molecule has 0 unspecified atom stereocenters. The molecule has 9 aromatic rings. The van der Waals surface area contributed by atoms with Crippen LogP contribution >= 0.6 is 0 Å². The largest absolute Gasteiger partial charge is 0.300 e. The van der Waals surface area contributed by atoms with Crippen LogP contribution in [0.4, 0.5) is 0 Å². The summed E-state index contributed by atoms with van der Waals surface area (Å²) in [4.78, 5) is 9.43. The maximum absolute atomic E-state index is 8.98. The van der Waals surface area contributed by atoms with E-state index < -0.39 is 0 Å². The molecule has 10 rings (SSSR count). The Kier molecular flexibility index (Phi) is 8.99. The zero-order valence-corrected chi connectivity index (χ0v) is 33.0. The lowest BCUT2D eigenvalue weighted by Crippen LogP contribution is -2.15. The third-order valence-corrected chi connectivity index (χ3v) is 11.9. The Balaban J connectivity index is 0.974. The van der Waals surface area contributed by atoms with E-state index in [-0.39, 0.29) is 5.41 Å². The molecule has 3 heteroatoms. The predicted molar refractivity (Wildman–Crippen MR) is 248 cm³/mol. The number of hydrogen-bond donors (Lipinski definition) is 1. The number of hydrogen-bond acceptors (Lipinski definition) is 3. The first-order valence-corrected chi connectivity index (χ1v) is 20.1. The van der Waals surface area contributed by atoms with Crippen molar-refractivity contribution >= 4 is 39.2 Å². The van der Waals surface area contributed by atoms with E-state index in [2.05, 4.69) is 158 Å². The minimum Gasteiger partial charge on any atom is -0.300 e. The zero-order valence-electron chi connectivity index (χ0n) is 33.0. The molecule has 1 heterocycles. The van der Waals surface area contributed by atoms with Crippen LogP contribution in [0, 0.1) is 5.41 Å². The summed E-state index contributed by atoms with van der Waals surface area (Å²) in [6, 6.07) is 64.4. The number of rotatable bonds is 8. The first kappa shape index (κ1) is 35.9. The molecule has 0 spiro atoms. The molecular weight excluding hydrogens is 715 g/mol. The topological polar surface area (TPSA) is 49.1 Å². The molecule has 3 nitrogen and oxygen atoms in total. The van der Waals surface area contributed by atoms with E-state index in [1.807, 2.05) is 61.0 Å². The summed E-state index contributed by atoms with van der Waals surface area (Å²) in [5, 5.41) is 13.8. The predicted octanol–water partition coefficient (Wildman–Crippen LogP) is 14.2. The smallest absolute Gasteiger partial charge is 0.0723 e. The molecule has 0 aliphatic heterocycles. The van der Waals surface area contributed by atoms with Gasteiger partial charge in [0.2, 0.25) is 0 Å². The van der Waals surface area contributed by atoms with Crippen LogP contribution in [0.3, 0.4) is 0 Å². The quantitative estimate of drug-likeness (QED) is 0.154. The van der Waals surface area contributed by atoms with Crippen molar-refractivity contribution in [1.29, 1.82) is 5.41 Å². The Bertz CT molecular complexity index is 3120. The van der Waals surface area contributed by atoms with E-state index >= 15 is 0 Å². The van der Waals surface area contributed by atoms with Gasteiger partial charge in [-0.2, -0.15) is 0 Å². The standard InChI is InChI=1S/C56H41N3/c1-56(2)52-33-43(25-28-50(52)51-31-41-14-6-7-15-42(41)32-53(51)56)37-21-23-38(24-22-37)48-27-26-46(47-19-8-9-20-49(47)48)36-59-55(34-54(57)39-12-4-3-5-13-39)44-17-10-16-40(30-44)45-18-11-29-58-35-45/h3-36,57H,1-2H3/b55-34-,57-54?,59-36?. The Morgan fingerprint density at radius 1 is 0.508 bits per heavy atom. The van der Waals surface area contributed by atoms with E-state index in [1.54, 1.807) is 6.20 Å². The third-order valence-electron chi connectivity index (χ3n) is 11.9. The van der Waals surface area contributed by atoms with Gasteiger partial charge in [-0.15, -0.1) is 0 Å². The summed E-state index contributed by atoms with van der Waals surface area (Å²) < 4.78 is 0. The van der Waals surface area contributed by atoms with Crippen molar-refractivity contribution in [3.63, 3.8) is 0 Å². The molecule has 0 radical (unpaired) electrons. The molecule has 1 aromatic heterocycles. The van der Waals surface area contributed by atoms with Crippen molar-refractivity contribution in [3.05, 3.63) is 228 Å². The molecule has 0 atom stereocenters. The van der Waals surface area contributed by atoms with Crippen LogP contribution < -0.4 is 0 Å². The van der Waals surface area contributed by atoms with Crippen molar-refractivity contribution in [1.82, 2.24) is 4.98 Å². The van der Waals surface area contributed by atoms with E-state index in [9.17, 15) is 0 Å². The second-order valence-electron chi connectivity index (χ2n) is 15.8. The highest BCUT2D eigenvalue weighted by Crippen LogP contribution is 2.51. The van der Waals surface area contributed by atoms with Crippen LogP contribution in [0.1, 0.15) is 41.7 Å². The molecule has 0 amide bonds. The van der Waals surface area contributed by atoms with Gasteiger partial charge >= 0.3 is 0 Å². The van der Waals surface area contributed by atoms with E-state index in [0.717, 1.165) is 44.2 Å². The Morgan fingerprint density at radius 3 is 1.95 bits per heavy atom. The van der Waals surface area contributed by atoms with E-state index in [1.165, 1.54) is 49.7 Å². The van der Waals surface area contributed by atoms with Crippen molar-refractivity contribution in [3.8, 4) is 44.5 Å². The second kappa shape index (κ2) is 14.8. The van der Waals surface area contributed by atoms with Gasteiger partial charge in [0.15, 0.2) is 0 Å². The third kappa shape index (κ3) is 6.67. The van der Waals surface area contributed by atoms with Crippen molar-refractivity contribution in [2.45, 2.75) is 19.3 Å². The molecule has 1 aliphatic carbocycles. The average Bonchev–Trinajstić information content (AvgIpc) is 3.51. The van der Waals surface area contributed by atoms with Gasteiger partial charge in [0.25, 0.3) is 0 Å². The van der Waals surface area contributed by atoms with Gasteiger partial charge in [-0.3, -0.25) is 9.98 Å². The first-order valence-electron chi connectivity index (χ1n) is 20.1. The Labute approximate surface area is 345 Å². The van der Waals surface area contributed by atoms with Gasteiger partial charge in [-0.25, -0.2) is 0 Å². The van der Waals surface area contributed by atoms with Crippen molar-refractivity contribution in [2.75, 3.05) is 0 Å².